The Labute approximate surface area is 79.6 Å². The van der Waals surface area contributed by atoms with E-state index in [1.165, 1.54) is 16.8 Å². The van der Waals surface area contributed by atoms with Crippen LogP contribution < -0.4 is 5.32 Å². The van der Waals surface area contributed by atoms with Crippen LogP contribution >= 0.6 is 12.6 Å². The van der Waals surface area contributed by atoms with Crippen LogP contribution in [0.15, 0.2) is 18.2 Å². The second kappa shape index (κ2) is 4.41. The van der Waals surface area contributed by atoms with Crippen LogP contribution in [0.25, 0.3) is 0 Å². The molecule has 1 N–H and O–H groups in total. The Balaban J connectivity index is 3.02. The molecular formula is C10H15NS. The minimum absolute atomic E-state index is 0.692. The Morgan fingerprint density at radius 2 is 2.17 bits per heavy atom. The van der Waals surface area contributed by atoms with Crippen LogP contribution in [-0.2, 0) is 6.42 Å². The molecule has 0 aliphatic heterocycles. The van der Waals surface area contributed by atoms with Crippen molar-refractivity contribution in [1.82, 2.24) is 0 Å². The number of para-hydroxylation sites is 1. The van der Waals surface area contributed by atoms with Gasteiger partial charge in [0.1, 0.15) is 0 Å². The van der Waals surface area contributed by atoms with E-state index in [2.05, 4.69) is 50.0 Å². The normalized spacial score (nSPS) is 9.92. The van der Waals surface area contributed by atoms with E-state index in [1.807, 2.05) is 0 Å². The molecule has 1 nitrogen and oxygen atoms in total. The third kappa shape index (κ3) is 1.95. The fourth-order valence-electron chi connectivity index (χ4n) is 1.36. The first kappa shape index (κ1) is 9.46. The summed E-state index contributed by atoms with van der Waals surface area (Å²) in [7, 11) is 0. The predicted octanol–water partition coefficient (Wildman–Crippen LogP) is 2.86. The number of hydrogen-bond acceptors (Lipinski definition) is 2. The van der Waals surface area contributed by atoms with Gasteiger partial charge in [0.25, 0.3) is 0 Å². The van der Waals surface area contributed by atoms with Gasteiger partial charge in [-0.15, -0.1) is 0 Å². The van der Waals surface area contributed by atoms with Crippen molar-refractivity contribution in [2.75, 3.05) is 11.2 Å². The van der Waals surface area contributed by atoms with Gasteiger partial charge in [-0.3, -0.25) is 0 Å². The number of nitrogens with one attached hydrogen (secondary N) is 1. The molecule has 0 heterocycles. The van der Waals surface area contributed by atoms with Crippen molar-refractivity contribution in [3.8, 4) is 0 Å². The molecular weight excluding hydrogens is 166 g/mol. The Morgan fingerprint density at radius 3 is 2.75 bits per heavy atom. The largest absolute Gasteiger partial charge is 0.376 e. The van der Waals surface area contributed by atoms with Crippen molar-refractivity contribution in [2.45, 2.75) is 20.3 Å². The highest BCUT2D eigenvalue weighted by atomic mass is 32.1. The molecule has 2 heteroatoms. The zero-order chi connectivity index (χ0) is 8.97. The van der Waals surface area contributed by atoms with Crippen LogP contribution in [0, 0.1) is 6.92 Å². The van der Waals surface area contributed by atoms with Crippen molar-refractivity contribution in [3.05, 3.63) is 29.3 Å². The standard InChI is InChI=1S/C10H15NS/c1-3-9-6-4-5-8(2)10(9)11-7-12/h4-6,11-12H,3,7H2,1-2H3. The molecule has 0 unspecified atom stereocenters. The van der Waals surface area contributed by atoms with E-state index >= 15 is 0 Å². The maximum Gasteiger partial charge on any atom is 0.0581 e. The summed E-state index contributed by atoms with van der Waals surface area (Å²) in [4.78, 5) is 0. The summed E-state index contributed by atoms with van der Waals surface area (Å²) < 4.78 is 0. The molecule has 0 aliphatic carbocycles. The number of anilines is 1. The molecule has 0 spiro atoms. The lowest BCUT2D eigenvalue weighted by atomic mass is 10.1. The van der Waals surface area contributed by atoms with Crippen LogP contribution in [0.3, 0.4) is 0 Å². The first-order chi connectivity index (χ1) is 5.79. The molecule has 1 aromatic carbocycles. The molecule has 0 bridgehead atoms. The van der Waals surface area contributed by atoms with Crippen molar-refractivity contribution in [3.63, 3.8) is 0 Å². The third-order valence-corrected chi connectivity index (χ3v) is 2.15. The van der Waals surface area contributed by atoms with Crippen LogP contribution in [0.1, 0.15) is 18.1 Å². The fraction of sp³-hybridized carbons (Fsp3) is 0.400. The molecule has 1 rings (SSSR count). The van der Waals surface area contributed by atoms with Gasteiger partial charge in [0.15, 0.2) is 0 Å². The highest BCUT2D eigenvalue weighted by molar-refractivity contribution is 7.80. The average molecular weight is 181 g/mol. The van der Waals surface area contributed by atoms with E-state index in [1.54, 1.807) is 0 Å². The number of benzene rings is 1. The van der Waals surface area contributed by atoms with E-state index in [4.69, 9.17) is 0 Å². The maximum absolute atomic E-state index is 4.15. The van der Waals surface area contributed by atoms with E-state index in [-0.39, 0.29) is 0 Å². The first-order valence-electron chi connectivity index (χ1n) is 4.22. The first-order valence-corrected chi connectivity index (χ1v) is 4.86. The van der Waals surface area contributed by atoms with Crippen LogP contribution in [-0.4, -0.2) is 5.88 Å². The number of rotatable bonds is 3. The molecule has 0 saturated carbocycles. The minimum Gasteiger partial charge on any atom is -0.376 e. The summed E-state index contributed by atoms with van der Waals surface area (Å²) in [5.74, 6) is 0.692. The van der Waals surface area contributed by atoms with Gasteiger partial charge in [-0.1, -0.05) is 25.1 Å². The lowest BCUT2D eigenvalue weighted by molar-refractivity contribution is 1.13. The topological polar surface area (TPSA) is 12.0 Å². The van der Waals surface area contributed by atoms with Gasteiger partial charge in [0.05, 0.1) is 5.88 Å². The van der Waals surface area contributed by atoms with E-state index < -0.39 is 0 Å². The summed E-state index contributed by atoms with van der Waals surface area (Å²) in [6.45, 7) is 4.28. The van der Waals surface area contributed by atoms with Crippen molar-refractivity contribution >= 4 is 18.3 Å². The summed E-state index contributed by atoms with van der Waals surface area (Å²) >= 11 is 4.15. The minimum atomic E-state index is 0.692. The van der Waals surface area contributed by atoms with Gasteiger partial charge in [0.2, 0.25) is 0 Å². The Morgan fingerprint density at radius 1 is 1.42 bits per heavy atom. The second-order valence-corrected chi connectivity index (χ2v) is 3.11. The van der Waals surface area contributed by atoms with Gasteiger partial charge in [0, 0.05) is 5.69 Å². The van der Waals surface area contributed by atoms with Crippen molar-refractivity contribution < 1.29 is 0 Å². The quantitative estimate of drug-likeness (QED) is 0.540. The monoisotopic (exact) mass is 181 g/mol. The third-order valence-electron chi connectivity index (χ3n) is 2.00. The molecule has 12 heavy (non-hydrogen) atoms. The summed E-state index contributed by atoms with van der Waals surface area (Å²) in [5.41, 5.74) is 3.91. The van der Waals surface area contributed by atoms with Gasteiger partial charge in [-0.05, 0) is 24.5 Å². The van der Waals surface area contributed by atoms with E-state index in [0.29, 0.717) is 5.88 Å². The van der Waals surface area contributed by atoms with Crippen LogP contribution in [0.4, 0.5) is 5.69 Å². The highest BCUT2D eigenvalue weighted by Crippen LogP contribution is 2.20. The van der Waals surface area contributed by atoms with Gasteiger partial charge >= 0.3 is 0 Å². The van der Waals surface area contributed by atoms with Gasteiger partial charge in [-0.25, -0.2) is 0 Å². The zero-order valence-electron chi connectivity index (χ0n) is 7.59. The average Bonchev–Trinajstić information content (AvgIpc) is 2.09. The molecule has 0 fully saturated rings. The Hall–Kier alpha value is -0.630. The van der Waals surface area contributed by atoms with E-state index in [0.717, 1.165) is 6.42 Å². The van der Waals surface area contributed by atoms with Crippen LogP contribution in [0.2, 0.25) is 0 Å². The lowest BCUT2D eigenvalue weighted by Crippen LogP contribution is -2.00. The number of hydrogen-bond donors (Lipinski definition) is 2. The molecule has 66 valence electrons. The Kier molecular flexibility index (Phi) is 3.48. The van der Waals surface area contributed by atoms with Crippen molar-refractivity contribution in [1.29, 1.82) is 0 Å². The molecule has 0 radical (unpaired) electrons. The summed E-state index contributed by atoms with van der Waals surface area (Å²) in [5, 5.41) is 3.26. The molecule has 0 aliphatic rings. The summed E-state index contributed by atoms with van der Waals surface area (Å²) in [6.07, 6.45) is 1.07. The fourth-order valence-corrected chi connectivity index (χ4v) is 1.51. The molecule has 0 amide bonds. The number of thiol groups is 1. The van der Waals surface area contributed by atoms with E-state index in [9.17, 15) is 0 Å². The van der Waals surface area contributed by atoms with Crippen molar-refractivity contribution in [2.24, 2.45) is 0 Å². The molecule has 0 atom stereocenters. The van der Waals surface area contributed by atoms with Gasteiger partial charge < -0.3 is 5.32 Å². The smallest absolute Gasteiger partial charge is 0.0581 e. The second-order valence-electron chi connectivity index (χ2n) is 2.80. The molecule has 0 aromatic heterocycles. The number of aryl methyl sites for hydroxylation is 2. The maximum atomic E-state index is 4.15. The SMILES string of the molecule is CCc1cccc(C)c1NCS. The predicted molar refractivity (Wildman–Crippen MR) is 58.0 cm³/mol. The zero-order valence-corrected chi connectivity index (χ0v) is 8.49. The Bertz CT molecular complexity index is 258. The summed E-state index contributed by atoms with van der Waals surface area (Å²) in [6, 6.07) is 6.36. The van der Waals surface area contributed by atoms with Crippen LogP contribution in [0.5, 0.6) is 0 Å². The van der Waals surface area contributed by atoms with Gasteiger partial charge in [-0.2, -0.15) is 12.6 Å². The lowest BCUT2D eigenvalue weighted by Gasteiger charge is -2.11. The molecule has 1 aromatic rings. The highest BCUT2D eigenvalue weighted by Gasteiger charge is 2.00. The molecule has 0 saturated heterocycles.